The minimum Gasteiger partial charge on any atom is -0.307 e. The first-order chi connectivity index (χ1) is 10.2. The van der Waals surface area contributed by atoms with Crippen molar-refractivity contribution in [1.29, 1.82) is 0 Å². The molecule has 0 saturated heterocycles. The van der Waals surface area contributed by atoms with Crippen LogP contribution in [0.3, 0.4) is 0 Å². The van der Waals surface area contributed by atoms with E-state index < -0.39 is 0 Å². The monoisotopic (exact) mass is 285 g/mol. The highest BCUT2D eigenvalue weighted by molar-refractivity contribution is 5.35. The zero-order valence-electron chi connectivity index (χ0n) is 13.8. The average Bonchev–Trinajstić information content (AvgIpc) is 2.55. The fourth-order valence-corrected chi connectivity index (χ4v) is 4.28. The van der Waals surface area contributed by atoms with Crippen molar-refractivity contribution in [2.24, 2.45) is 5.92 Å². The lowest BCUT2D eigenvalue weighted by Gasteiger charge is -2.31. The Morgan fingerprint density at radius 1 is 0.905 bits per heavy atom. The van der Waals surface area contributed by atoms with E-state index in [0.29, 0.717) is 12.1 Å². The number of nitrogens with one attached hydrogen (secondary N) is 1. The molecule has 0 amide bonds. The van der Waals surface area contributed by atoms with Crippen LogP contribution in [0.25, 0.3) is 0 Å². The predicted molar refractivity (Wildman–Crippen MR) is 90.7 cm³/mol. The van der Waals surface area contributed by atoms with Gasteiger partial charge in [0.2, 0.25) is 0 Å². The molecular formula is C20H31N. The van der Waals surface area contributed by atoms with Gasteiger partial charge in [-0.25, -0.2) is 0 Å². The summed E-state index contributed by atoms with van der Waals surface area (Å²) in [5.41, 5.74) is 4.69. The van der Waals surface area contributed by atoms with Gasteiger partial charge in [-0.2, -0.15) is 0 Å². The van der Waals surface area contributed by atoms with Crippen molar-refractivity contribution in [3.63, 3.8) is 0 Å². The van der Waals surface area contributed by atoms with Gasteiger partial charge in [-0.1, -0.05) is 37.5 Å². The van der Waals surface area contributed by atoms with Gasteiger partial charge in [0.15, 0.2) is 0 Å². The molecule has 0 bridgehead atoms. The smallest absolute Gasteiger partial charge is 0.0294 e. The standard InChI is InChI=1S/C20H31N/c1-15(17-8-4-3-5-9-17)21-16(2)19-13-12-18-10-6-7-11-20(18)14-19/h12-17,21H,3-11H2,1-2H3/t15-,16?/m0/s1. The Hall–Kier alpha value is -0.820. The van der Waals surface area contributed by atoms with Gasteiger partial charge in [0, 0.05) is 12.1 Å². The minimum atomic E-state index is 0.481. The fourth-order valence-electron chi connectivity index (χ4n) is 4.28. The van der Waals surface area contributed by atoms with E-state index >= 15 is 0 Å². The van der Waals surface area contributed by atoms with Crippen molar-refractivity contribution in [2.75, 3.05) is 0 Å². The van der Waals surface area contributed by atoms with Gasteiger partial charge < -0.3 is 5.32 Å². The molecule has 2 atom stereocenters. The Morgan fingerprint density at radius 3 is 2.38 bits per heavy atom. The molecule has 0 aromatic heterocycles. The Bertz CT molecular complexity index is 459. The molecule has 2 aliphatic carbocycles. The third-order valence-corrected chi connectivity index (χ3v) is 5.74. The first-order valence-electron chi connectivity index (χ1n) is 9.12. The Kier molecular flexibility index (Phi) is 5.00. The van der Waals surface area contributed by atoms with E-state index in [2.05, 4.69) is 37.4 Å². The topological polar surface area (TPSA) is 12.0 Å². The van der Waals surface area contributed by atoms with Gasteiger partial charge in [-0.05, 0) is 75.0 Å². The van der Waals surface area contributed by atoms with E-state index in [4.69, 9.17) is 0 Å². The summed E-state index contributed by atoms with van der Waals surface area (Å²) in [4.78, 5) is 0. The molecule has 0 radical (unpaired) electrons. The molecule has 1 aromatic carbocycles. The first kappa shape index (κ1) is 15.1. The van der Waals surface area contributed by atoms with Gasteiger partial charge in [0.1, 0.15) is 0 Å². The van der Waals surface area contributed by atoms with Crippen LogP contribution in [-0.2, 0) is 12.8 Å². The Labute approximate surface area is 130 Å². The van der Waals surface area contributed by atoms with E-state index in [1.165, 1.54) is 63.4 Å². The number of hydrogen-bond donors (Lipinski definition) is 1. The van der Waals surface area contributed by atoms with Crippen molar-refractivity contribution >= 4 is 0 Å². The number of aryl methyl sites for hydroxylation is 2. The second kappa shape index (κ2) is 6.96. The van der Waals surface area contributed by atoms with Crippen molar-refractivity contribution in [3.8, 4) is 0 Å². The van der Waals surface area contributed by atoms with Crippen LogP contribution in [0.1, 0.15) is 81.5 Å². The zero-order chi connectivity index (χ0) is 14.7. The van der Waals surface area contributed by atoms with Crippen molar-refractivity contribution in [2.45, 2.75) is 83.7 Å². The first-order valence-corrected chi connectivity index (χ1v) is 9.12. The maximum absolute atomic E-state index is 3.87. The van der Waals surface area contributed by atoms with Crippen LogP contribution in [0, 0.1) is 5.92 Å². The number of benzene rings is 1. The van der Waals surface area contributed by atoms with Gasteiger partial charge in [0.05, 0.1) is 0 Å². The number of fused-ring (bicyclic) bond motifs is 1. The van der Waals surface area contributed by atoms with Crippen molar-refractivity contribution < 1.29 is 0 Å². The van der Waals surface area contributed by atoms with E-state index in [1.54, 1.807) is 11.1 Å². The van der Waals surface area contributed by atoms with Crippen LogP contribution in [-0.4, -0.2) is 6.04 Å². The van der Waals surface area contributed by atoms with Crippen molar-refractivity contribution in [3.05, 3.63) is 34.9 Å². The predicted octanol–water partition coefficient (Wildman–Crippen LogP) is 5.18. The molecule has 1 N–H and O–H groups in total. The highest BCUT2D eigenvalue weighted by atomic mass is 14.9. The van der Waals surface area contributed by atoms with Crippen LogP contribution in [0.5, 0.6) is 0 Å². The summed E-state index contributed by atoms with van der Waals surface area (Å²) in [6.45, 7) is 4.73. The summed E-state index contributed by atoms with van der Waals surface area (Å²) in [6.07, 6.45) is 12.5. The summed E-state index contributed by atoms with van der Waals surface area (Å²) in [6, 6.07) is 8.34. The molecule has 1 saturated carbocycles. The summed E-state index contributed by atoms with van der Waals surface area (Å²) in [7, 11) is 0. The second-order valence-corrected chi connectivity index (χ2v) is 7.31. The third-order valence-electron chi connectivity index (χ3n) is 5.74. The lowest BCUT2D eigenvalue weighted by molar-refractivity contribution is 0.268. The van der Waals surface area contributed by atoms with E-state index in [1.807, 2.05) is 0 Å². The quantitative estimate of drug-likeness (QED) is 0.803. The van der Waals surface area contributed by atoms with Gasteiger partial charge in [0.25, 0.3) is 0 Å². The number of hydrogen-bond acceptors (Lipinski definition) is 1. The molecule has 1 nitrogen and oxygen atoms in total. The molecule has 1 aromatic rings. The van der Waals surface area contributed by atoms with Gasteiger partial charge in [-0.15, -0.1) is 0 Å². The third kappa shape index (κ3) is 3.69. The largest absolute Gasteiger partial charge is 0.307 e. The SMILES string of the molecule is CC(N[C@@H](C)C1CCCCC1)c1ccc2c(c1)CCCC2. The highest BCUT2D eigenvalue weighted by Crippen LogP contribution is 2.29. The molecule has 1 heteroatoms. The van der Waals surface area contributed by atoms with Crippen LogP contribution in [0.2, 0.25) is 0 Å². The van der Waals surface area contributed by atoms with E-state index in [-0.39, 0.29) is 0 Å². The normalized spacial score (nSPS) is 22.6. The van der Waals surface area contributed by atoms with Crippen molar-refractivity contribution in [1.82, 2.24) is 5.32 Å². The highest BCUT2D eigenvalue weighted by Gasteiger charge is 2.22. The summed E-state index contributed by atoms with van der Waals surface area (Å²) in [5.74, 6) is 0.888. The molecule has 1 unspecified atom stereocenters. The lowest BCUT2D eigenvalue weighted by Crippen LogP contribution is -2.36. The number of rotatable bonds is 4. The van der Waals surface area contributed by atoms with Crippen LogP contribution >= 0.6 is 0 Å². The Balaban J connectivity index is 1.63. The van der Waals surface area contributed by atoms with E-state index in [0.717, 1.165) is 5.92 Å². The molecule has 3 rings (SSSR count). The molecule has 21 heavy (non-hydrogen) atoms. The van der Waals surface area contributed by atoms with Crippen LogP contribution in [0.15, 0.2) is 18.2 Å². The summed E-state index contributed by atoms with van der Waals surface area (Å²) in [5, 5.41) is 3.87. The zero-order valence-corrected chi connectivity index (χ0v) is 13.8. The molecule has 2 aliphatic rings. The minimum absolute atomic E-state index is 0.481. The Morgan fingerprint density at radius 2 is 1.62 bits per heavy atom. The molecular weight excluding hydrogens is 254 g/mol. The second-order valence-electron chi connectivity index (χ2n) is 7.31. The molecule has 0 aliphatic heterocycles. The summed E-state index contributed by atoms with van der Waals surface area (Å²) < 4.78 is 0. The maximum Gasteiger partial charge on any atom is 0.0294 e. The molecule has 1 fully saturated rings. The van der Waals surface area contributed by atoms with Gasteiger partial charge >= 0.3 is 0 Å². The molecule has 116 valence electrons. The lowest BCUT2D eigenvalue weighted by atomic mass is 9.84. The van der Waals surface area contributed by atoms with Crippen LogP contribution in [0.4, 0.5) is 0 Å². The van der Waals surface area contributed by atoms with Crippen LogP contribution < -0.4 is 5.32 Å². The summed E-state index contributed by atoms with van der Waals surface area (Å²) >= 11 is 0. The van der Waals surface area contributed by atoms with E-state index in [9.17, 15) is 0 Å². The average molecular weight is 285 g/mol. The molecule has 0 spiro atoms. The maximum atomic E-state index is 3.87. The fraction of sp³-hybridized carbons (Fsp3) is 0.700. The molecule has 0 heterocycles. The van der Waals surface area contributed by atoms with Gasteiger partial charge in [-0.3, -0.25) is 0 Å².